The maximum absolute atomic E-state index is 12.0. The molecule has 3 aliphatic carbocycles. The number of fused-ring (bicyclic) bond motifs is 7. The van der Waals surface area contributed by atoms with E-state index in [-0.39, 0.29) is 42.0 Å². The molecule has 9 atom stereocenters. The SMILES string of the molecule is CO[C@H]1CC[C@@]2(CO)C(=CC[C@@H]3[C@@H]2CC[C@]2(C)[C@@H]4[C@@H](CO[C@]4(C)O)O[C@]32O)C1. The maximum Gasteiger partial charge on any atom is 0.175 e. The highest BCUT2D eigenvalue weighted by molar-refractivity contribution is 5.28. The Morgan fingerprint density at radius 2 is 1.96 bits per heavy atom. The van der Waals surface area contributed by atoms with E-state index in [0.29, 0.717) is 6.61 Å². The Labute approximate surface area is 166 Å². The van der Waals surface area contributed by atoms with E-state index in [2.05, 4.69) is 13.0 Å². The van der Waals surface area contributed by atoms with Crippen LogP contribution in [0.3, 0.4) is 0 Å². The summed E-state index contributed by atoms with van der Waals surface area (Å²) in [5, 5.41) is 33.4. The summed E-state index contributed by atoms with van der Waals surface area (Å²) in [6, 6.07) is 0. The van der Waals surface area contributed by atoms with Gasteiger partial charge in [-0.05, 0) is 51.4 Å². The lowest BCUT2D eigenvalue weighted by Crippen LogP contribution is -2.63. The van der Waals surface area contributed by atoms with Gasteiger partial charge in [-0.25, -0.2) is 0 Å². The highest BCUT2D eigenvalue weighted by Gasteiger charge is 2.75. The average Bonchev–Trinajstić information content (AvgIpc) is 3.11. The highest BCUT2D eigenvalue weighted by atomic mass is 16.7. The van der Waals surface area contributed by atoms with Crippen LogP contribution < -0.4 is 0 Å². The standard InChI is InChI=1S/C22H34O6/c1-19-8-7-15-16(22(19,25)28-17-11-27-20(2,24)18(17)19)5-4-13-10-14(26-3)6-9-21(13,15)12-23/h4,14-18,23-25H,5-12H2,1-3H3/t14-,15-,16+,17+,18-,19+,20-,21+,22+/m0/s1. The van der Waals surface area contributed by atoms with Crippen molar-refractivity contribution in [1.29, 1.82) is 0 Å². The number of ether oxygens (including phenoxy) is 3. The van der Waals surface area contributed by atoms with Gasteiger partial charge in [0.05, 0.1) is 31.3 Å². The maximum atomic E-state index is 12.0. The highest BCUT2D eigenvalue weighted by Crippen LogP contribution is 2.69. The van der Waals surface area contributed by atoms with Crippen LogP contribution >= 0.6 is 0 Å². The molecule has 2 heterocycles. The van der Waals surface area contributed by atoms with Gasteiger partial charge in [-0.15, -0.1) is 0 Å². The van der Waals surface area contributed by atoms with Crippen LogP contribution in [-0.4, -0.2) is 59.4 Å². The first-order valence-corrected chi connectivity index (χ1v) is 10.8. The second-order valence-corrected chi connectivity index (χ2v) is 10.2. The lowest BCUT2D eigenvalue weighted by Gasteiger charge is -2.60. The molecule has 5 aliphatic rings. The van der Waals surface area contributed by atoms with Crippen molar-refractivity contribution in [3.05, 3.63) is 11.6 Å². The van der Waals surface area contributed by atoms with E-state index < -0.39 is 17.0 Å². The fourth-order valence-electron chi connectivity index (χ4n) is 7.84. The van der Waals surface area contributed by atoms with Crippen LogP contribution in [0.1, 0.15) is 52.4 Å². The number of methoxy groups -OCH3 is 1. The molecule has 3 N–H and O–H groups in total. The number of hydrogen-bond donors (Lipinski definition) is 3. The van der Waals surface area contributed by atoms with Gasteiger partial charge in [0.25, 0.3) is 0 Å². The molecule has 0 aromatic rings. The molecule has 0 spiro atoms. The Balaban J connectivity index is 1.54. The summed E-state index contributed by atoms with van der Waals surface area (Å²) in [6.45, 7) is 4.18. The molecule has 2 aliphatic heterocycles. The van der Waals surface area contributed by atoms with Crippen LogP contribution in [0.2, 0.25) is 0 Å². The Bertz CT molecular complexity index is 691. The molecule has 158 valence electrons. The molecule has 0 unspecified atom stereocenters. The fraction of sp³-hybridized carbons (Fsp3) is 0.909. The van der Waals surface area contributed by atoms with Crippen molar-refractivity contribution < 1.29 is 29.5 Å². The van der Waals surface area contributed by atoms with E-state index in [1.165, 1.54) is 5.57 Å². The quantitative estimate of drug-likeness (QED) is 0.621. The topological polar surface area (TPSA) is 88.4 Å². The second-order valence-electron chi connectivity index (χ2n) is 10.2. The minimum absolute atomic E-state index is 0.0809. The fourth-order valence-corrected chi connectivity index (χ4v) is 7.84. The van der Waals surface area contributed by atoms with E-state index in [1.807, 2.05) is 0 Å². The van der Waals surface area contributed by atoms with E-state index in [9.17, 15) is 15.3 Å². The number of aliphatic hydroxyl groups excluding tert-OH is 1. The summed E-state index contributed by atoms with van der Waals surface area (Å²) < 4.78 is 17.5. The van der Waals surface area contributed by atoms with Gasteiger partial charge in [-0.1, -0.05) is 18.6 Å². The smallest absolute Gasteiger partial charge is 0.175 e. The average molecular weight is 395 g/mol. The molecular formula is C22H34O6. The second kappa shape index (κ2) is 6.02. The van der Waals surface area contributed by atoms with E-state index in [1.54, 1.807) is 14.0 Å². The van der Waals surface area contributed by atoms with Crippen LogP contribution in [0.5, 0.6) is 0 Å². The summed E-state index contributed by atoms with van der Waals surface area (Å²) in [6.07, 6.45) is 7.26. The lowest BCUT2D eigenvalue weighted by atomic mass is 9.47. The first-order chi connectivity index (χ1) is 13.2. The molecule has 28 heavy (non-hydrogen) atoms. The van der Waals surface area contributed by atoms with E-state index in [0.717, 1.165) is 38.5 Å². The van der Waals surface area contributed by atoms with E-state index >= 15 is 0 Å². The van der Waals surface area contributed by atoms with Gasteiger partial charge in [0.2, 0.25) is 0 Å². The first kappa shape index (κ1) is 19.5. The Kier molecular flexibility index (Phi) is 4.18. The normalized spacial score (nSPS) is 57.8. The van der Waals surface area contributed by atoms with Crippen molar-refractivity contribution in [2.75, 3.05) is 20.3 Å². The largest absolute Gasteiger partial charge is 0.395 e. The summed E-state index contributed by atoms with van der Waals surface area (Å²) in [4.78, 5) is 0. The van der Waals surface area contributed by atoms with Crippen molar-refractivity contribution in [3.63, 3.8) is 0 Å². The van der Waals surface area contributed by atoms with Crippen molar-refractivity contribution in [3.8, 4) is 0 Å². The van der Waals surface area contributed by atoms with Crippen molar-refractivity contribution >= 4 is 0 Å². The minimum Gasteiger partial charge on any atom is -0.395 e. The number of aliphatic hydroxyl groups is 3. The van der Waals surface area contributed by atoms with Gasteiger partial charge in [-0.2, -0.15) is 0 Å². The molecule has 0 amide bonds. The summed E-state index contributed by atoms with van der Waals surface area (Å²) >= 11 is 0. The third kappa shape index (κ3) is 2.20. The zero-order valence-electron chi connectivity index (χ0n) is 17.2. The van der Waals surface area contributed by atoms with E-state index in [4.69, 9.17) is 14.2 Å². The minimum atomic E-state index is -1.30. The Morgan fingerprint density at radius 1 is 1.18 bits per heavy atom. The van der Waals surface area contributed by atoms with Crippen molar-refractivity contribution in [2.45, 2.75) is 76.2 Å². The molecule has 4 fully saturated rings. The molecule has 6 nitrogen and oxygen atoms in total. The van der Waals surface area contributed by atoms with Gasteiger partial charge in [0.1, 0.15) is 0 Å². The van der Waals surface area contributed by atoms with Gasteiger partial charge in [-0.3, -0.25) is 0 Å². The molecule has 0 radical (unpaired) electrons. The summed E-state index contributed by atoms with van der Waals surface area (Å²) in [5.74, 6) is -2.73. The van der Waals surface area contributed by atoms with Crippen LogP contribution in [-0.2, 0) is 14.2 Å². The molecule has 0 aromatic carbocycles. The summed E-state index contributed by atoms with van der Waals surface area (Å²) in [5.41, 5.74) is 0.453. The predicted molar refractivity (Wildman–Crippen MR) is 101 cm³/mol. The first-order valence-electron chi connectivity index (χ1n) is 10.8. The number of allylic oxidation sites excluding steroid dienone is 1. The zero-order chi connectivity index (χ0) is 19.9. The van der Waals surface area contributed by atoms with Crippen molar-refractivity contribution in [1.82, 2.24) is 0 Å². The Hall–Kier alpha value is -0.500. The molecule has 0 aromatic heterocycles. The van der Waals surface area contributed by atoms with Gasteiger partial charge >= 0.3 is 0 Å². The Morgan fingerprint density at radius 3 is 2.68 bits per heavy atom. The van der Waals surface area contributed by atoms with Gasteiger partial charge in [0.15, 0.2) is 11.6 Å². The van der Waals surface area contributed by atoms with Crippen LogP contribution in [0.25, 0.3) is 0 Å². The van der Waals surface area contributed by atoms with Crippen LogP contribution in [0.4, 0.5) is 0 Å². The molecule has 5 rings (SSSR count). The zero-order valence-corrected chi connectivity index (χ0v) is 17.2. The van der Waals surface area contributed by atoms with Crippen LogP contribution in [0, 0.1) is 28.6 Å². The lowest BCUT2D eigenvalue weighted by molar-refractivity contribution is -0.323. The summed E-state index contributed by atoms with van der Waals surface area (Å²) in [7, 11) is 1.76. The van der Waals surface area contributed by atoms with Gasteiger partial charge in [0, 0.05) is 23.9 Å². The molecule has 2 saturated heterocycles. The monoisotopic (exact) mass is 394 g/mol. The predicted octanol–water partition coefficient (Wildman–Crippen LogP) is 1.97. The number of rotatable bonds is 2. The van der Waals surface area contributed by atoms with Crippen LogP contribution in [0.15, 0.2) is 11.6 Å². The van der Waals surface area contributed by atoms with Crippen molar-refractivity contribution in [2.24, 2.45) is 28.6 Å². The molecule has 2 saturated carbocycles. The van der Waals surface area contributed by atoms with Gasteiger partial charge < -0.3 is 29.5 Å². The third-order valence-electron chi connectivity index (χ3n) is 9.23. The molecule has 0 bridgehead atoms. The molecule has 6 heteroatoms. The molecular weight excluding hydrogens is 360 g/mol. The number of hydrogen-bond acceptors (Lipinski definition) is 6. The third-order valence-corrected chi connectivity index (χ3v) is 9.23.